The number of benzene rings is 1. The maximum atomic E-state index is 14.3. The Morgan fingerprint density at radius 1 is 1.19 bits per heavy atom. The van der Waals surface area contributed by atoms with Gasteiger partial charge >= 0.3 is 0 Å². The van der Waals surface area contributed by atoms with Crippen molar-refractivity contribution in [3.05, 3.63) is 58.3 Å². The van der Waals surface area contributed by atoms with Gasteiger partial charge in [-0.25, -0.2) is 4.39 Å². The number of amides is 1. The average Bonchev–Trinajstić information content (AvgIpc) is 3.26. The van der Waals surface area contributed by atoms with E-state index in [0.717, 1.165) is 25.0 Å². The van der Waals surface area contributed by atoms with Crippen LogP contribution < -0.4 is 10.9 Å². The first-order valence-corrected chi connectivity index (χ1v) is 11.2. The molecule has 4 atom stereocenters. The molecule has 1 aliphatic carbocycles. The Balaban J connectivity index is 1.51. The zero-order chi connectivity index (χ0) is 21.7. The first-order chi connectivity index (χ1) is 15.0. The second-order valence-corrected chi connectivity index (χ2v) is 8.93. The van der Waals surface area contributed by atoms with Gasteiger partial charge in [-0.15, -0.1) is 0 Å². The highest BCUT2D eigenvalue weighted by Gasteiger charge is 2.55. The number of aromatic nitrogens is 1. The molecule has 2 N–H and O–H groups in total. The van der Waals surface area contributed by atoms with Crippen LogP contribution in [0.4, 0.5) is 4.39 Å². The Labute approximate surface area is 180 Å². The number of hydrogen-bond donors (Lipinski definition) is 2. The highest BCUT2D eigenvalue weighted by molar-refractivity contribution is 5.83. The van der Waals surface area contributed by atoms with Gasteiger partial charge in [-0.2, -0.15) is 0 Å². The molecule has 0 bridgehead atoms. The van der Waals surface area contributed by atoms with E-state index < -0.39 is 11.9 Å². The zero-order valence-corrected chi connectivity index (χ0v) is 17.6. The van der Waals surface area contributed by atoms with Crippen molar-refractivity contribution < 1.29 is 14.3 Å². The van der Waals surface area contributed by atoms with E-state index in [0.29, 0.717) is 24.2 Å². The van der Waals surface area contributed by atoms with Gasteiger partial charge in [0.25, 0.3) is 5.56 Å². The van der Waals surface area contributed by atoms with Crippen molar-refractivity contribution >= 4 is 5.91 Å². The van der Waals surface area contributed by atoms with E-state index in [-0.39, 0.29) is 42.0 Å². The van der Waals surface area contributed by atoms with Gasteiger partial charge in [0.05, 0.1) is 17.6 Å². The van der Waals surface area contributed by atoms with Crippen LogP contribution in [0.5, 0.6) is 0 Å². The summed E-state index contributed by atoms with van der Waals surface area (Å²) >= 11 is 0. The van der Waals surface area contributed by atoms with Crippen LogP contribution in [-0.2, 0) is 11.3 Å². The summed E-state index contributed by atoms with van der Waals surface area (Å²) in [5.74, 6) is -0.724. The zero-order valence-electron chi connectivity index (χ0n) is 17.6. The number of nitrogens with one attached hydrogen (secondary N) is 1. The lowest BCUT2D eigenvalue weighted by molar-refractivity contribution is -0.129. The van der Waals surface area contributed by atoms with Crippen LogP contribution in [0.15, 0.2) is 41.2 Å². The maximum absolute atomic E-state index is 14.3. The molecular formula is C24H28FN3O3. The van der Waals surface area contributed by atoms with Crippen LogP contribution in [0.25, 0.3) is 11.1 Å². The van der Waals surface area contributed by atoms with Gasteiger partial charge in [0.15, 0.2) is 0 Å². The van der Waals surface area contributed by atoms with Crippen LogP contribution in [0, 0.1) is 17.7 Å². The molecule has 0 unspecified atom stereocenters. The number of halogens is 1. The standard InChI is InChI=1S/C24H28FN3O3/c1-2-27-21-17(18(13-29)22(27)23(30)26-14-6-5-7-14)12-28-20(21)11-10-16(24(28)31)15-8-3-4-9-19(15)25/h3-4,8-11,14,17-18,21-22,29H,2,5-7,12-13H2,1H3,(H,26,30)/t17-,18-,21+,22-/m0/s1. The highest BCUT2D eigenvalue weighted by atomic mass is 19.1. The molecule has 3 heterocycles. The Kier molecular flexibility index (Phi) is 5.18. The SMILES string of the molecule is CCN1[C@H](C(=O)NC2CCC2)[C@@H](CO)[C@@H]2Cn3c(ccc(-c4ccccc4F)c3=O)[C@@H]21. The van der Waals surface area contributed by atoms with Crippen LogP contribution in [0.2, 0.25) is 0 Å². The summed E-state index contributed by atoms with van der Waals surface area (Å²) in [6, 6.07) is 9.60. The van der Waals surface area contributed by atoms with Gasteiger partial charge in [0.1, 0.15) is 5.82 Å². The van der Waals surface area contributed by atoms with Crippen molar-refractivity contribution in [1.82, 2.24) is 14.8 Å². The molecule has 0 radical (unpaired) electrons. The second kappa shape index (κ2) is 7.88. The van der Waals surface area contributed by atoms with Gasteiger partial charge < -0.3 is 15.0 Å². The number of carbonyl (C=O) groups is 1. The number of rotatable bonds is 5. The smallest absolute Gasteiger partial charge is 0.258 e. The first-order valence-electron chi connectivity index (χ1n) is 11.2. The van der Waals surface area contributed by atoms with E-state index in [1.54, 1.807) is 28.8 Å². The predicted molar refractivity (Wildman–Crippen MR) is 115 cm³/mol. The summed E-state index contributed by atoms with van der Waals surface area (Å²) in [6.07, 6.45) is 3.17. The molecule has 1 aromatic heterocycles. The number of likely N-dealkylation sites (tertiary alicyclic amines) is 1. The highest BCUT2D eigenvalue weighted by Crippen LogP contribution is 2.49. The summed E-state index contributed by atoms with van der Waals surface area (Å²) in [4.78, 5) is 28.5. The van der Waals surface area contributed by atoms with Gasteiger partial charge in [-0.3, -0.25) is 14.5 Å². The molecule has 1 aromatic carbocycles. The normalized spacial score (nSPS) is 27.6. The molecule has 164 valence electrons. The molecule has 1 amide bonds. The van der Waals surface area contributed by atoms with Gasteiger partial charge in [-0.05, 0) is 44.0 Å². The number of aliphatic hydroxyl groups excluding tert-OH is 1. The minimum atomic E-state index is -0.422. The molecule has 5 rings (SSSR count). The van der Waals surface area contributed by atoms with E-state index in [9.17, 15) is 19.1 Å². The van der Waals surface area contributed by atoms with E-state index in [4.69, 9.17) is 0 Å². The quantitative estimate of drug-likeness (QED) is 0.771. The fraction of sp³-hybridized carbons (Fsp3) is 0.500. The Morgan fingerprint density at radius 2 is 1.97 bits per heavy atom. The number of carbonyl (C=O) groups excluding carboxylic acids is 1. The molecule has 2 aromatic rings. The summed E-state index contributed by atoms with van der Waals surface area (Å²) < 4.78 is 16.0. The number of fused-ring (bicyclic) bond motifs is 3. The van der Waals surface area contributed by atoms with Crippen molar-refractivity contribution in [2.45, 2.75) is 50.9 Å². The topological polar surface area (TPSA) is 74.6 Å². The van der Waals surface area contributed by atoms with E-state index in [1.165, 1.54) is 6.07 Å². The van der Waals surface area contributed by atoms with Crippen molar-refractivity contribution in [2.75, 3.05) is 13.2 Å². The number of aliphatic hydroxyl groups is 1. The minimum Gasteiger partial charge on any atom is -0.396 e. The van der Waals surface area contributed by atoms with Crippen LogP contribution in [0.3, 0.4) is 0 Å². The molecular weight excluding hydrogens is 397 g/mol. The number of pyridine rings is 1. The number of nitrogens with zero attached hydrogens (tertiary/aromatic N) is 2. The lowest BCUT2D eigenvalue weighted by atomic mass is 9.87. The van der Waals surface area contributed by atoms with E-state index in [2.05, 4.69) is 10.2 Å². The minimum absolute atomic E-state index is 0.0168. The Bertz CT molecular complexity index is 1060. The van der Waals surface area contributed by atoms with Gasteiger partial charge in [-0.1, -0.05) is 25.1 Å². The van der Waals surface area contributed by atoms with Crippen molar-refractivity contribution in [1.29, 1.82) is 0 Å². The number of likely N-dealkylation sites (N-methyl/N-ethyl adjacent to an activating group) is 1. The monoisotopic (exact) mass is 425 g/mol. The third-order valence-corrected chi connectivity index (χ3v) is 7.44. The molecule has 2 fully saturated rings. The molecule has 2 aliphatic heterocycles. The lowest BCUT2D eigenvalue weighted by Gasteiger charge is -2.33. The summed E-state index contributed by atoms with van der Waals surface area (Å²) in [5, 5.41) is 13.4. The van der Waals surface area contributed by atoms with Crippen molar-refractivity contribution in [3.63, 3.8) is 0 Å². The molecule has 0 spiro atoms. The Morgan fingerprint density at radius 3 is 2.61 bits per heavy atom. The molecule has 6 nitrogen and oxygen atoms in total. The molecule has 7 heteroatoms. The van der Waals surface area contributed by atoms with Crippen molar-refractivity contribution in [2.24, 2.45) is 11.8 Å². The van der Waals surface area contributed by atoms with Crippen LogP contribution in [0.1, 0.15) is 37.9 Å². The van der Waals surface area contributed by atoms with Crippen molar-refractivity contribution in [3.8, 4) is 11.1 Å². The van der Waals surface area contributed by atoms with E-state index >= 15 is 0 Å². The van der Waals surface area contributed by atoms with E-state index in [1.807, 2.05) is 13.0 Å². The molecule has 1 saturated heterocycles. The average molecular weight is 426 g/mol. The summed E-state index contributed by atoms with van der Waals surface area (Å²) in [7, 11) is 0. The van der Waals surface area contributed by atoms with Crippen LogP contribution >= 0.6 is 0 Å². The Hall–Kier alpha value is -2.51. The fourth-order valence-corrected chi connectivity index (χ4v) is 5.71. The number of hydrogen-bond acceptors (Lipinski definition) is 4. The lowest BCUT2D eigenvalue weighted by Crippen LogP contribution is -2.52. The van der Waals surface area contributed by atoms with Crippen LogP contribution in [-0.4, -0.2) is 45.7 Å². The maximum Gasteiger partial charge on any atom is 0.258 e. The summed E-state index contributed by atoms with van der Waals surface area (Å²) in [6.45, 7) is 2.97. The predicted octanol–water partition coefficient (Wildman–Crippen LogP) is 2.31. The molecule has 31 heavy (non-hydrogen) atoms. The third-order valence-electron chi connectivity index (χ3n) is 7.44. The van der Waals surface area contributed by atoms with Gasteiger partial charge in [0, 0.05) is 42.3 Å². The first kappa shape index (κ1) is 20.4. The molecule has 3 aliphatic rings. The fourth-order valence-electron chi connectivity index (χ4n) is 5.71. The third kappa shape index (κ3) is 3.13. The second-order valence-electron chi connectivity index (χ2n) is 8.93. The largest absolute Gasteiger partial charge is 0.396 e. The molecule has 1 saturated carbocycles. The summed E-state index contributed by atoms with van der Waals surface area (Å²) in [5.41, 5.74) is 1.25. The van der Waals surface area contributed by atoms with Gasteiger partial charge in [0.2, 0.25) is 5.91 Å².